The van der Waals surface area contributed by atoms with Gasteiger partial charge in [-0.1, -0.05) is 84.0 Å². The van der Waals surface area contributed by atoms with Crippen molar-refractivity contribution >= 4 is 5.84 Å². The van der Waals surface area contributed by atoms with Crippen LogP contribution in [0.3, 0.4) is 0 Å². The number of nitrogens with zero attached hydrogens (tertiary/aromatic N) is 1. The fourth-order valence-electron chi connectivity index (χ4n) is 3.68. The Morgan fingerprint density at radius 2 is 1.38 bits per heavy atom. The second-order valence-corrected chi connectivity index (χ2v) is 7.43. The Kier molecular flexibility index (Phi) is 14.3. The van der Waals surface area contributed by atoms with Crippen LogP contribution in [0.25, 0.3) is 0 Å². The van der Waals surface area contributed by atoms with Crippen molar-refractivity contribution in [3.8, 4) is 0 Å². The van der Waals surface area contributed by atoms with Gasteiger partial charge in [0, 0.05) is 19.1 Å². The van der Waals surface area contributed by atoms with E-state index >= 15 is 0 Å². The van der Waals surface area contributed by atoms with E-state index in [9.17, 15) is 0 Å². The lowest BCUT2D eigenvalue weighted by Crippen LogP contribution is -2.27. The first kappa shape index (κ1) is 21.5. The highest BCUT2D eigenvalue weighted by Crippen LogP contribution is 2.19. The highest BCUT2D eigenvalue weighted by atomic mass is 16.2. The molecule has 1 rings (SSSR count). The van der Waals surface area contributed by atoms with Crippen molar-refractivity contribution in [2.75, 3.05) is 19.7 Å². The minimum atomic E-state index is 0.308. The van der Waals surface area contributed by atoms with Crippen LogP contribution in [0.15, 0.2) is 4.99 Å². The van der Waals surface area contributed by atoms with Gasteiger partial charge in [0.05, 0.1) is 12.4 Å². The molecule has 142 valence electrons. The molecular weight excluding hydrogens is 296 g/mol. The molecule has 0 aromatic carbocycles. The Bertz CT molecular complexity index is 304. The zero-order chi connectivity index (χ0) is 17.3. The maximum atomic E-state index is 9.07. The lowest BCUT2D eigenvalue weighted by atomic mass is 9.94. The zero-order valence-electron chi connectivity index (χ0n) is 16.2. The van der Waals surface area contributed by atoms with Crippen LogP contribution in [0.5, 0.6) is 0 Å². The highest BCUT2D eigenvalue weighted by Gasteiger charge is 2.17. The molecule has 1 aliphatic heterocycles. The molecule has 0 radical (unpaired) electrons. The molecule has 0 bridgehead atoms. The summed E-state index contributed by atoms with van der Waals surface area (Å²) in [5, 5.41) is 12.5. The number of nitrogens with one attached hydrogen (secondary N) is 1. The number of rotatable bonds is 17. The Morgan fingerprint density at radius 1 is 0.833 bits per heavy atom. The molecule has 0 saturated carbocycles. The first-order valence-corrected chi connectivity index (χ1v) is 10.8. The smallest absolute Gasteiger partial charge is 0.0995 e. The molecule has 0 fully saturated rings. The topological polar surface area (TPSA) is 44.6 Å². The average Bonchev–Trinajstić information content (AvgIpc) is 3.13. The van der Waals surface area contributed by atoms with Crippen molar-refractivity contribution in [3.63, 3.8) is 0 Å². The summed E-state index contributed by atoms with van der Waals surface area (Å²) in [6, 6.07) is 0. The van der Waals surface area contributed by atoms with E-state index < -0.39 is 0 Å². The zero-order valence-corrected chi connectivity index (χ0v) is 16.2. The lowest BCUT2D eigenvalue weighted by molar-refractivity contribution is 0.276. The molecule has 0 aromatic rings. The van der Waals surface area contributed by atoms with Crippen molar-refractivity contribution in [1.82, 2.24) is 5.32 Å². The summed E-state index contributed by atoms with van der Waals surface area (Å²) >= 11 is 0. The van der Waals surface area contributed by atoms with Crippen LogP contribution < -0.4 is 5.32 Å². The number of hydrogen-bond donors (Lipinski definition) is 2. The summed E-state index contributed by atoms with van der Waals surface area (Å²) in [7, 11) is 0. The van der Waals surface area contributed by atoms with Gasteiger partial charge in [0.25, 0.3) is 0 Å². The van der Waals surface area contributed by atoms with Crippen molar-refractivity contribution in [2.45, 2.75) is 103 Å². The summed E-state index contributed by atoms with van der Waals surface area (Å²) in [5.41, 5.74) is 0. The molecule has 0 saturated heterocycles. The Labute approximate surface area is 150 Å². The molecule has 0 aliphatic carbocycles. The van der Waals surface area contributed by atoms with Crippen molar-refractivity contribution in [3.05, 3.63) is 0 Å². The first-order chi connectivity index (χ1) is 11.9. The molecule has 24 heavy (non-hydrogen) atoms. The number of unbranched alkanes of at least 4 members (excludes halogenated alkanes) is 11. The summed E-state index contributed by atoms with van der Waals surface area (Å²) in [6.45, 7) is 4.53. The van der Waals surface area contributed by atoms with E-state index in [-0.39, 0.29) is 0 Å². The molecule has 1 unspecified atom stereocenters. The monoisotopic (exact) mass is 338 g/mol. The fourth-order valence-corrected chi connectivity index (χ4v) is 3.68. The molecule has 1 aliphatic rings. The lowest BCUT2D eigenvalue weighted by Gasteiger charge is -2.17. The molecule has 2 N–H and O–H groups in total. The van der Waals surface area contributed by atoms with Gasteiger partial charge in [0.15, 0.2) is 0 Å². The molecule has 1 heterocycles. The minimum absolute atomic E-state index is 0.308. The van der Waals surface area contributed by atoms with Crippen molar-refractivity contribution < 1.29 is 5.11 Å². The number of aliphatic hydroxyl groups is 1. The first-order valence-electron chi connectivity index (χ1n) is 10.8. The molecule has 0 spiro atoms. The molecular formula is C21H42N2O. The standard InChI is InChI=1S/C21H42N2O/c1-2-3-4-5-6-7-8-9-10-11-12-13-15-20(16-14-19-24)21-22-17-18-23-21/h20,24H,2-19H2,1H3,(H,22,23). The van der Waals surface area contributed by atoms with E-state index in [0.29, 0.717) is 12.5 Å². The third-order valence-electron chi connectivity index (χ3n) is 5.20. The summed E-state index contributed by atoms with van der Waals surface area (Å²) in [4.78, 5) is 4.59. The highest BCUT2D eigenvalue weighted by molar-refractivity contribution is 5.85. The minimum Gasteiger partial charge on any atom is -0.396 e. The molecule has 0 amide bonds. The Hall–Kier alpha value is -0.570. The number of hydrogen-bond acceptors (Lipinski definition) is 3. The van der Waals surface area contributed by atoms with E-state index in [1.54, 1.807) is 0 Å². The van der Waals surface area contributed by atoms with Crippen molar-refractivity contribution in [1.29, 1.82) is 0 Å². The van der Waals surface area contributed by atoms with Gasteiger partial charge in [-0.3, -0.25) is 4.99 Å². The van der Waals surface area contributed by atoms with Crippen LogP contribution in [-0.4, -0.2) is 30.6 Å². The predicted molar refractivity (Wildman–Crippen MR) is 106 cm³/mol. The van der Waals surface area contributed by atoms with Gasteiger partial charge < -0.3 is 10.4 Å². The maximum Gasteiger partial charge on any atom is 0.0995 e. The number of amidine groups is 1. The number of aliphatic hydroxyl groups excluding tert-OH is 1. The molecule has 3 heteroatoms. The predicted octanol–water partition coefficient (Wildman–Crippen LogP) is 5.47. The second kappa shape index (κ2) is 15.9. The van der Waals surface area contributed by atoms with E-state index in [4.69, 9.17) is 5.11 Å². The van der Waals surface area contributed by atoms with Gasteiger partial charge in [0.2, 0.25) is 0 Å². The van der Waals surface area contributed by atoms with E-state index in [1.807, 2.05) is 0 Å². The van der Waals surface area contributed by atoms with Crippen LogP contribution >= 0.6 is 0 Å². The SMILES string of the molecule is CCCCCCCCCCCCCCC(CCCO)C1=NCCN1. The van der Waals surface area contributed by atoms with Gasteiger partial charge in [0.1, 0.15) is 0 Å². The third-order valence-corrected chi connectivity index (χ3v) is 5.20. The summed E-state index contributed by atoms with van der Waals surface area (Å²) < 4.78 is 0. The quantitative estimate of drug-likeness (QED) is 0.345. The van der Waals surface area contributed by atoms with Crippen LogP contribution in [0.4, 0.5) is 0 Å². The average molecular weight is 339 g/mol. The second-order valence-electron chi connectivity index (χ2n) is 7.43. The van der Waals surface area contributed by atoms with Crippen LogP contribution in [0.2, 0.25) is 0 Å². The summed E-state index contributed by atoms with van der Waals surface area (Å²) in [5.74, 6) is 1.77. The third kappa shape index (κ3) is 11.1. The van der Waals surface area contributed by atoms with E-state index in [0.717, 1.165) is 25.9 Å². The van der Waals surface area contributed by atoms with Crippen LogP contribution in [0.1, 0.15) is 103 Å². The largest absolute Gasteiger partial charge is 0.396 e. The number of aliphatic imine (C=N–C) groups is 1. The fraction of sp³-hybridized carbons (Fsp3) is 0.952. The van der Waals surface area contributed by atoms with E-state index in [2.05, 4.69) is 17.2 Å². The van der Waals surface area contributed by atoms with Gasteiger partial charge in [-0.15, -0.1) is 0 Å². The van der Waals surface area contributed by atoms with Gasteiger partial charge >= 0.3 is 0 Å². The van der Waals surface area contributed by atoms with Crippen LogP contribution in [0, 0.1) is 5.92 Å². The summed E-state index contributed by atoms with van der Waals surface area (Å²) in [6.07, 6.45) is 20.1. The van der Waals surface area contributed by atoms with E-state index in [1.165, 1.54) is 89.3 Å². The van der Waals surface area contributed by atoms with Gasteiger partial charge in [-0.05, 0) is 19.3 Å². The van der Waals surface area contributed by atoms with Gasteiger partial charge in [-0.2, -0.15) is 0 Å². The Morgan fingerprint density at radius 3 is 1.88 bits per heavy atom. The maximum absolute atomic E-state index is 9.07. The van der Waals surface area contributed by atoms with Crippen molar-refractivity contribution in [2.24, 2.45) is 10.9 Å². The molecule has 3 nitrogen and oxygen atoms in total. The molecule has 0 aromatic heterocycles. The van der Waals surface area contributed by atoms with Crippen LogP contribution in [-0.2, 0) is 0 Å². The van der Waals surface area contributed by atoms with Gasteiger partial charge in [-0.25, -0.2) is 0 Å². The Balaban J connectivity index is 1.92. The molecule has 1 atom stereocenters. The normalized spacial score (nSPS) is 15.3.